The summed E-state index contributed by atoms with van der Waals surface area (Å²) in [6, 6.07) is 21.7. The molecule has 0 aliphatic heterocycles. The molecular weight excluding hydrogens is 296 g/mol. The fraction of sp³-hybridized carbons (Fsp3) is 0.143. The summed E-state index contributed by atoms with van der Waals surface area (Å²) in [7, 11) is 0. The number of carbonyl (C=O) groups is 1. The molecule has 1 amide bonds. The van der Waals surface area contributed by atoms with Crippen LogP contribution in [0.3, 0.4) is 0 Å². The lowest BCUT2D eigenvalue weighted by Gasteiger charge is -2.16. The Morgan fingerprint density at radius 1 is 0.958 bits per heavy atom. The smallest absolute Gasteiger partial charge is 0.252 e. The normalized spacial score (nSPS) is 11.7. The Morgan fingerprint density at radius 3 is 2.38 bits per heavy atom. The Hall–Kier alpha value is -2.94. The van der Waals surface area contributed by atoms with E-state index >= 15 is 0 Å². The first kappa shape index (κ1) is 15.9. The first-order valence-corrected chi connectivity index (χ1v) is 8.06. The van der Waals surface area contributed by atoms with E-state index in [0.29, 0.717) is 0 Å². The number of amides is 1. The molecule has 0 saturated carbocycles. The molecule has 0 spiro atoms. The minimum absolute atomic E-state index is 0.0501. The van der Waals surface area contributed by atoms with Gasteiger partial charge in [-0.3, -0.25) is 9.78 Å². The Bertz CT molecular complexity index is 800. The zero-order valence-electron chi connectivity index (χ0n) is 13.6. The van der Waals surface area contributed by atoms with Gasteiger partial charge in [-0.25, -0.2) is 0 Å². The van der Waals surface area contributed by atoms with Crippen molar-refractivity contribution in [3.8, 4) is 0 Å². The molecule has 120 valence electrons. The molecule has 0 unspecified atom stereocenters. The molecule has 0 aliphatic rings. The summed E-state index contributed by atoms with van der Waals surface area (Å²) in [6.07, 6.45) is 4.22. The SMILES string of the molecule is C[C@H](NC(=O)c1ccccc1Cc1ccccc1)c1ccncc1. The van der Waals surface area contributed by atoms with Crippen LogP contribution < -0.4 is 5.32 Å². The van der Waals surface area contributed by atoms with Gasteiger partial charge in [0.2, 0.25) is 0 Å². The molecule has 0 aliphatic carbocycles. The topological polar surface area (TPSA) is 42.0 Å². The molecule has 3 aromatic rings. The summed E-state index contributed by atoms with van der Waals surface area (Å²) in [4.78, 5) is 16.7. The first-order chi connectivity index (χ1) is 11.7. The number of pyridine rings is 1. The van der Waals surface area contributed by atoms with Crippen LogP contribution in [0.5, 0.6) is 0 Å². The van der Waals surface area contributed by atoms with E-state index in [0.717, 1.165) is 23.1 Å². The van der Waals surface area contributed by atoms with Crippen LogP contribution in [-0.2, 0) is 6.42 Å². The highest BCUT2D eigenvalue weighted by molar-refractivity contribution is 5.96. The summed E-state index contributed by atoms with van der Waals surface area (Å²) < 4.78 is 0. The quantitative estimate of drug-likeness (QED) is 0.768. The molecule has 0 saturated heterocycles. The molecule has 24 heavy (non-hydrogen) atoms. The maximum absolute atomic E-state index is 12.7. The second kappa shape index (κ2) is 7.55. The average molecular weight is 316 g/mol. The number of carbonyl (C=O) groups excluding carboxylic acids is 1. The van der Waals surface area contributed by atoms with Crippen LogP contribution in [0.2, 0.25) is 0 Å². The largest absolute Gasteiger partial charge is 0.346 e. The molecule has 3 rings (SSSR count). The second-order valence-electron chi connectivity index (χ2n) is 5.80. The van der Waals surface area contributed by atoms with Crippen molar-refractivity contribution in [3.63, 3.8) is 0 Å². The predicted molar refractivity (Wildman–Crippen MR) is 95.8 cm³/mol. The monoisotopic (exact) mass is 316 g/mol. The second-order valence-corrected chi connectivity index (χ2v) is 5.80. The molecule has 0 radical (unpaired) electrons. The Labute approximate surface area is 142 Å². The van der Waals surface area contributed by atoms with E-state index in [1.807, 2.05) is 61.5 Å². The van der Waals surface area contributed by atoms with E-state index in [-0.39, 0.29) is 11.9 Å². The van der Waals surface area contributed by atoms with Gasteiger partial charge in [-0.1, -0.05) is 48.5 Å². The number of hydrogen-bond donors (Lipinski definition) is 1. The lowest BCUT2D eigenvalue weighted by Crippen LogP contribution is -2.27. The van der Waals surface area contributed by atoms with Gasteiger partial charge < -0.3 is 5.32 Å². The zero-order valence-corrected chi connectivity index (χ0v) is 13.6. The highest BCUT2D eigenvalue weighted by Crippen LogP contribution is 2.17. The van der Waals surface area contributed by atoms with Crippen molar-refractivity contribution in [1.29, 1.82) is 0 Å². The summed E-state index contributed by atoms with van der Waals surface area (Å²) >= 11 is 0. The molecule has 1 atom stereocenters. The number of benzene rings is 2. The standard InChI is InChI=1S/C21H20N2O/c1-16(18-11-13-22-14-12-18)23-21(24)20-10-6-5-9-19(20)15-17-7-3-2-4-8-17/h2-14,16H,15H2,1H3,(H,23,24)/t16-/m0/s1. The molecule has 3 nitrogen and oxygen atoms in total. The van der Waals surface area contributed by atoms with E-state index < -0.39 is 0 Å². The summed E-state index contributed by atoms with van der Waals surface area (Å²) in [6.45, 7) is 1.98. The molecule has 1 aromatic heterocycles. The van der Waals surface area contributed by atoms with Gasteiger partial charge in [-0.15, -0.1) is 0 Å². The minimum atomic E-state index is -0.0646. The summed E-state index contributed by atoms with van der Waals surface area (Å²) in [5, 5.41) is 3.07. The fourth-order valence-electron chi connectivity index (χ4n) is 2.72. The molecule has 1 N–H and O–H groups in total. The maximum atomic E-state index is 12.7. The predicted octanol–water partition coefficient (Wildman–Crippen LogP) is 4.16. The van der Waals surface area contributed by atoms with E-state index in [2.05, 4.69) is 22.4 Å². The van der Waals surface area contributed by atoms with Gasteiger partial charge in [0.1, 0.15) is 0 Å². The minimum Gasteiger partial charge on any atom is -0.346 e. The first-order valence-electron chi connectivity index (χ1n) is 8.06. The van der Waals surface area contributed by atoms with E-state index in [4.69, 9.17) is 0 Å². The van der Waals surface area contributed by atoms with Crippen molar-refractivity contribution in [2.24, 2.45) is 0 Å². The highest BCUT2D eigenvalue weighted by atomic mass is 16.1. The Morgan fingerprint density at radius 2 is 1.62 bits per heavy atom. The lowest BCUT2D eigenvalue weighted by atomic mass is 9.99. The molecule has 2 aromatic carbocycles. The van der Waals surface area contributed by atoms with Crippen molar-refractivity contribution in [1.82, 2.24) is 10.3 Å². The number of nitrogens with one attached hydrogen (secondary N) is 1. The molecule has 1 heterocycles. The maximum Gasteiger partial charge on any atom is 0.252 e. The zero-order chi connectivity index (χ0) is 16.8. The van der Waals surface area contributed by atoms with Crippen molar-refractivity contribution in [2.45, 2.75) is 19.4 Å². The van der Waals surface area contributed by atoms with E-state index in [1.54, 1.807) is 12.4 Å². The number of rotatable bonds is 5. The molecule has 0 bridgehead atoms. The third kappa shape index (κ3) is 3.87. The van der Waals surface area contributed by atoms with Crippen LogP contribution in [0.25, 0.3) is 0 Å². The third-order valence-corrected chi connectivity index (χ3v) is 4.05. The average Bonchev–Trinajstić information content (AvgIpc) is 2.63. The number of nitrogens with zero attached hydrogens (tertiary/aromatic N) is 1. The van der Waals surface area contributed by atoms with Crippen LogP contribution in [-0.4, -0.2) is 10.9 Å². The van der Waals surface area contributed by atoms with Crippen LogP contribution in [0.15, 0.2) is 79.1 Å². The molecule has 3 heteroatoms. The van der Waals surface area contributed by atoms with Crippen LogP contribution in [0, 0.1) is 0 Å². The summed E-state index contributed by atoms with van der Waals surface area (Å²) in [5.41, 5.74) is 3.99. The van der Waals surface area contributed by atoms with E-state index in [9.17, 15) is 4.79 Å². The van der Waals surface area contributed by atoms with Crippen molar-refractivity contribution < 1.29 is 4.79 Å². The van der Waals surface area contributed by atoms with Crippen LogP contribution >= 0.6 is 0 Å². The van der Waals surface area contributed by atoms with Gasteiger partial charge in [0.15, 0.2) is 0 Å². The van der Waals surface area contributed by atoms with Gasteiger partial charge >= 0.3 is 0 Å². The Balaban J connectivity index is 1.78. The fourth-order valence-corrected chi connectivity index (χ4v) is 2.72. The van der Waals surface area contributed by atoms with Crippen molar-refractivity contribution in [2.75, 3.05) is 0 Å². The van der Waals surface area contributed by atoms with E-state index in [1.165, 1.54) is 5.56 Å². The highest BCUT2D eigenvalue weighted by Gasteiger charge is 2.14. The van der Waals surface area contributed by atoms with Gasteiger partial charge in [0, 0.05) is 18.0 Å². The number of hydrogen-bond acceptors (Lipinski definition) is 2. The molecular formula is C21H20N2O. The van der Waals surface area contributed by atoms with Gasteiger partial charge in [-0.2, -0.15) is 0 Å². The van der Waals surface area contributed by atoms with Gasteiger partial charge in [0.05, 0.1) is 6.04 Å². The lowest BCUT2D eigenvalue weighted by molar-refractivity contribution is 0.0939. The summed E-state index contributed by atoms with van der Waals surface area (Å²) in [5.74, 6) is -0.0501. The van der Waals surface area contributed by atoms with Gasteiger partial charge in [-0.05, 0) is 48.2 Å². The van der Waals surface area contributed by atoms with Crippen LogP contribution in [0.4, 0.5) is 0 Å². The van der Waals surface area contributed by atoms with Crippen molar-refractivity contribution in [3.05, 3.63) is 101 Å². The third-order valence-electron chi connectivity index (χ3n) is 4.05. The van der Waals surface area contributed by atoms with Crippen molar-refractivity contribution >= 4 is 5.91 Å². The van der Waals surface area contributed by atoms with Gasteiger partial charge in [0.25, 0.3) is 5.91 Å². The Kier molecular flexibility index (Phi) is 5.02. The van der Waals surface area contributed by atoms with Crippen LogP contribution in [0.1, 0.15) is 40.0 Å². The molecule has 0 fully saturated rings. The number of aromatic nitrogens is 1.